The Hall–Kier alpha value is -3.45. The van der Waals surface area contributed by atoms with Gasteiger partial charge in [0.05, 0.1) is 27.8 Å². The van der Waals surface area contributed by atoms with Crippen molar-refractivity contribution in [2.75, 3.05) is 13.1 Å². The van der Waals surface area contributed by atoms with E-state index < -0.39 is 0 Å². The molecule has 6 nitrogen and oxygen atoms in total. The number of rotatable bonds is 5. The van der Waals surface area contributed by atoms with Crippen LogP contribution in [0.15, 0.2) is 59.2 Å². The third kappa shape index (κ3) is 3.51. The number of aryl methyl sites for hydroxylation is 2. The summed E-state index contributed by atoms with van der Waals surface area (Å²) in [6, 6.07) is 15.4. The number of fused-ring (bicyclic) bond motifs is 2. The van der Waals surface area contributed by atoms with E-state index in [9.17, 15) is 9.59 Å². The maximum Gasteiger partial charge on any atom is 0.274 e. The summed E-state index contributed by atoms with van der Waals surface area (Å²) >= 11 is 1.56. The number of hydrogen-bond donors (Lipinski definition) is 1. The number of likely N-dealkylation sites (tertiary alicyclic amines) is 1. The average molecular weight is 472 g/mol. The molecule has 2 aromatic heterocycles. The fourth-order valence-electron chi connectivity index (χ4n) is 5.27. The highest BCUT2D eigenvalue weighted by molar-refractivity contribution is 7.15. The maximum atomic E-state index is 13.7. The summed E-state index contributed by atoms with van der Waals surface area (Å²) in [6.07, 6.45) is 2.71. The van der Waals surface area contributed by atoms with Gasteiger partial charge in [-0.05, 0) is 61.4 Å². The fourth-order valence-corrected chi connectivity index (χ4v) is 6.27. The highest BCUT2D eigenvalue weighted by Gasteiger charge is 2.54. The SMILES string of the molecule is Cc1nc(C(=O)N2CC3CC3C2CNC(=O)c2cccc3occc23)c(-c2ccccc2C)s1. The normalized spacial score (nSPS) is 21.0. The second-order valence-electron chi connectivity index (χ2n) is 9.26. The Morgan fingerprint density at radius 3 is 2.85 bits per heavy atom. The second kappa shape index (κ2) is 8.09. The van der Waals surface area contributed by atoms with Crippen molar-refractivity contribution in [3.05, 3.63) is 76.6 Å². The lowest BCUT2D eigenvalue weighted by atomic mass is 10.1. The summed E-state index contributed by atoms with van der Waals surface area (Å²) in [7, 11) is 0. The van der Waals surface area contributed by atoms with E-state index in [0.717, 1.165) is 39.4 Å². The van der Waals surface area contributed by atoms with Gasteiger partial charge in [-0.15, -0.1) is 11.3 Å². The third-order valence-corrected chi connectivity index (χ3v) is 8.11. The van der Waals surface area contributed by atoms with E-state index in [2.05, 4.69) is 29.4 Å². The molecule has 1 N–H and O–H groups in total. The largest absolute Gasteiger partial charge is 0.464 e. The van der Waals surface area contributed by atoms with E-state index in [0.29, 0.717) is 35.2 Å². The van der Waals surface area contributed by atoms with Gasteiger partial charge in [-0.2, -0.15) is 0 Å². The molecule has 1 saturated carbocycles. The number of nitrogens with one attached hydrogen (secondary N) is 1. The van der Waals surface area contributed by atoms with Gasteiger partial charge in [0.15, 0.2) is 0 Å². The number of hydrogen-bond acceptors (Lipinski definition) is 5. The van der Waals surface area contributed by atoms with Gasteiger partial charge in [-0.25, -0.2) is 4.98 Å². The quantitative estimate of drug-likeness (QED) is 0.441. The number of piperidine rings is 1. The minimum atomic E-state index is -0.145. The molecule has 0 radical (unpaired) electrons. The lowest BCUT2D eigenvalue weighted by molar-refractivity contribution is 0.0690. The van der Waals surface area contributed by atoms with Crippen molar-refractivity contribution >= 4 is 34.1 Å². The molecule has 3 heterocycles. The van der Waals surface area contributed by atoms with Crippen molar-refractivity contribution in [2.24, 2.45) is 11.8 Å². The average Bonchev–Trinajstić information content (AvgIpc) is 3.16. The topological polar surface area (TPSA) is 75.4 Å². The molecule has 1 saturated heterocycles. The molecule has 3 atom stereocenters. The Labute approximate surface area is 201 Å². The Morgan fingerprint density at radius 2 is 2.00 bits per heavy atom. The molecular weight excluding hydrogens is 446 g/mol. The van der Waals surface area contributed by atoms with Crippen molar-refractivity contribution in [3.8, 4) is 10.4 Å². The first kappa shape index (κ1) is 21.1. The van der Waals surface area contributed by atoms with Crippen molar-refractivity contribution in [3.63, 3.8) is 0 Å². The van der Waals surface area contributed by atoms with Gasteiger partial charge in [0, 0.05) is 18.5 Å². The van der Waals surface area contributed by atoms with E-state index >= 15 is 0 Å². The number of carbonyl (C=O) groups is 2. The molecule has 2 aromatic carbocycles. The summed E-state index contributed by atoms with van der Waals surface area (Å²) in [5, 5.41) is 4.76. The first-order chi connectivity index (χ1) is 16.5. The predicted molar refractivity (Wildman–Crippen MR) is 132 cm³/mol. The van der Waals surface area contributed by atoms with Gasteiger partial charge in [0.2, 0.25) is 0 Å². The van der Waals surface area contributed by atoms with Crippen LogP contribution in [0.2, 0.25) is 0 Å². The zero-order valence-electron chi connectivity index (χ0n) is 19.1. The first-order valence-electron chi connectivity index (χ1n) is 11.6. The number of aromatic nitrogens is 1. The molecule has 0 spiro atoms. The smallest absolute Gasteiger partial charge is 0.274 e. The molecule has 1 aliphatic carbocycles. The van der Waals surface area contributed by atoms with Crippen LogP contribution >= 0.6 is 11.3 Å². The Bertz CT molecular complexity index is 1420. The lowest BCUT2D eigenvalue weighted by Crippen LogP contribution is -2.45. The molecule has 4 aromatic rings. The maximum absolute atomic E-state index is 13.7. The van der Waals surface area contributed by atoms with Gasteiger partial charge in [-0.1, -0.05) is 30.3 Å². The van der Waals surface area contributed by atoms with Crippen molar-refractivity contribution in [2.45, 2.75) is 26.3 Å². The minimum Gasteiger partial charge on any atom is -0.464 e. The Balaban J connectivity index is 1.24. The Morgan fingerprint density at radius 1 is 1.15 bits per heavy atom. The van der Waals surface area contributed by atoms with E-state index in [-0.39, 0.29) is 17.9 Å². The van der Waals surface area contributed by atoms with Crippen LogP contribution in [-0.4, -0.2) is 40.8 Å². The van der Waals surface area contributed by atoms with E-state index in [1.165, 1.54) is 0 Å². The molecule has 7 heteroatoms. The molecule has 6 rings (SSSR count). The highest BCUT2D eigenvalue weighted by Crippen LogP contribution is 2.50. The van der Waals surface area contributed by atoms with Crippen molar-refractivity contribution in [1.29, 1.82) is 0 Å². The summed E-state index contributed by atoms with van der Waals surface area (Å²) in [4.78, 5) is 34.2. The summed E-state index contributed by atoms with van der Waals surface area (Å²) in [5.74, 6) is 0.778. The first-order valence-corrected chi connectivity index (χ1v) is 12.4. The van der Waals surface area contributed by atoms with Crippen LogP contribution in [0.1, 0.15) is 37.8 Å². The second-order valence-corrected chi connectivity index (χ2v) is 10.5. The van der Waals surface area contributed by atoms with E-state index in [1.807, 2.05) is 42.2 Å². The number of carbonyl (C=O) groups excluding carboxylic acids is 2. The number of thiazole rings is 1. The van der Waals surface area contributed by atoms with Crippen LogP contribution in [0.25, 0.3) is 21.4 Å². The molecule has 3 unspecified atom stereocenters. The molecule has 34 heavy (non-hydrogen) atoms. The van der Waals surface area contributed by atoms with Crippen molar-refractivity contribution < 1.29 is 14.0 Å². The zero-order chi connectivity index (χ0) is 23.4. The molecule has 2 aliphatic rings. The van der Waals surface area contributed by atoms with Gasteiger partial charge in [0.25, 0.3) is 11.8 Å². The van der Waals surface area contributed by atoms with Gasteiger partial charge in [0.1, 0.15) is 11.3 Å². The Kier molecular flexibility index (Phi) is 5.03. The predicted octanol–water partition coefficient (Wildman–Crippen LogP) is 5.06. The van der Waals surface area contributed by atoms with Crippen LogP contribution in [-0.2, 0) is 0 Å². The zero-order valence-corrected chi connectivity index (χ0v) is 19.9. The highest BCUT2D eigenvalue weighted by atomic mass is 32.1. The van der Waals surface area contributed by atoms with Crippen LogP contribution in [0.5, 0.6) is 0 Å². The molecule has 0 bridgehead atoms. The molecule has 1 aliphatic heterocycles. The standard InChI is InChI=1S/C27H25N3O3S/c1-15-6-3-4-7-18(15)25-24(29-16(2)34-25)27(32)30-14-17-12-21(17)22(30)13-28-26(31)20-8-5-9-23-19(20)10-11-33-23/h3-11,17,21-22H,12-14H2,1-2H3,(H,28,31). The van der Waals surface area contributed by atoms with Crippen LogP contribution in [0.4, 0.5) is 0 Å². The van der Waals surface area contributed by atoms with E-state index in [1.54, 1.807) is 23.7 Å². The van der Waals surface area contributed by atoms with Gasteiger partial charge < -0.3 is 14.6 Å². The monoisotopic (exact) mass is 471 g/mol. The summed E-state index contributed by atoms with van der Waals surface area (Å²) in [5.41, 5.74) is 3.99. The summed E-state index contributed by atoms with van der Waals surface area (Å²) in [6.45, 7) is 5.16. The van der Waals surface area contributed by atoms with Crippen LogP contribution < -0.4 is 5.32 Å². The number of benzene rings is 2. The third-order valence-electron chi connectivity index (χ3n) is 7.10. The van der Waals surface area contributed by atoms with Gasteiger partial charge >= 0.3 is 0 Å². The van der Waals surface area contributed by atoms with Gasteiger partial charge in [-0.3, -0.25) is 9.59 Å². The summed E-state index contributed by atoms with van der Waals surface area (Å²) < 4.78 is 5.43. The number of nitrogens with zero attached hydrogens (tertiary/aromatic N) is 2. The van der Waals surface area contributed by atoms with Crippen LogP contribution in [0, 0.1) is 25.7 Å². The molecule has 2 amide bonds. The fraction of sp³-hybridized carbons (Fsp3) is 0.296. The number of furan rings is 1. The van der Waals surface area contributed by atoms with Crippen LogP contribution in [0.3, 0.4) is 0 Å². The van der Waals surface area contributed by atoms with E-state index in [4.69, 9.17) is 4.42 Å². The lowest BCUT2D eigenvalue weighted by Gasteiger charge is -2.27. The minimum absolute atomic E-state index is 0.0169. The molecule has 2 fully saturated rings. The number of amides is 2. The van der Waals surface area contributed by atoms with Crippen molar-refractivity contribution in [1.82, 2.24) is 15.2 Å². The molecular formula is C27H25N3O3S. The molecule has 172 valence electrons.